The molecule has 0 saturated carbocycles. The molecule has 0 aliphatic rings. The molecule has 3 rings (SSSR count). The SMILES string of the molecule is O=C(C=C(O)c1csc(Cc2ccccc2F)c1)c1nn[nH]n1. The van der Waals surface area contributed by atoms with Crippen LogP contribution in [0.15, 0.2) is 41.8 Å². The Morgan fingerprint density at radius 2 is 2.22 bits per heavy atom. The third kappa shape index (κ3) is 3.49. The van der Waals surface area contributed by atoms with Crippen molar-refractivity contribution in [2.45, 2.75) is 6.42 Å². The van der Waals surface area contributed by atoms with Crippen LogP contribution in [0, 0.1) is 5.82 Å². The lowest BCUT2D eigenvalue weighted by atomic mass is 10.1. The topological polar surface area (TPSA) is 91.8 Å². The van der Waals surface area contributed by atoms with Crippen molar-refractivity contribution in [3.05, 3.63) is 69.4 Å². The third-order valence-electron chi connectivity index (χ3n) is 3.11. The monoisotopic (exact) mass is 330 g/mol. The number of nitrogens with one attached hydrogen (secondary N) is 1. The van der Waals surface area contributed by atoms with E-state index in [0.29, 0.717) is 17.5 Å². The fraction of sp³-hybridized carbons (Fsp3) is 0.0667. The van der Waals surface area contributed by atoms with Crippen LogP contribution in [0.4, 0.5) is 4.39 Å². The maximum absolute atomic E-state index is 13.6. The number of ketones is 1. The summed E-state index contributed by atoms with van der Waals surface area (Å²) in [7, 11) is 0. The first-order chi connectivity index (χ1) is 11.1. The van der Waals surface area contributed by atoms with Crippen molar-refractivity contribution in [3.8, 4) is 0 Å². The predicted octanol–water partition coefficient (Wildman–Crippen LogP) is 2.77. The molecule has 0 amide bonds. The first kappa shape index (κ1) is 15.0. The number of aromatic amines is 1. The largest absolute Gasteiger partial charge is 0.507 e. The van der Waals surface area contributed by atoms with E-state index in [1.807, 2.05) is 0 Å². The highest BCUT2D eigenvalue weighted by Gasteiger charge is 2.12. The van der Waals surface area contributed by atoms with Gasteiger partial charge in [0.2, 0.25) is 11.6 Å². The fourth-order valence-electron chi connectivity index (χ4n) is 1.98. The number of carbonyl (C=O) groups is 1. The third-order valence-corrected chi connectivity index (χ3v) is 4.04. The molecule has 0 saturated heterocycles. The van der Waals surface area contributed by atoms with Gasteiger partial charge in [-0.05, 0) is 22.9 Å². The normalized spacial score (nSPS) is 11.6. The highest BCUT2D eigenvalue weighted by atomic mass is 32.1. The van der Waals surface area contributed by atoms with Crippen LogP contribution in [0.3, 0.4) is 0 Å². The minimum Gasteiger partial charge on any atom is -0.507 e. The van der Waals surface area contributed by atoms with Gasteiger partial charge in [0.25, 0.3) is 0 Å². The van der Waals surface area contributed by atoms with Gasteiger partial charge in [-0.25, -0.2) is 4.39 Å². The molecule has 116 valence electrons. The molecule has 0 aliphatic carbocycles. The Balaban J connectivity index is 1.76. The molecule has 2 N–H and O–H groups in total. The average molecular weight is 330 g/mol. The molecule has 0 radical (unpaired) electrons. The zero-order valence-corrected chi connectivity index (χ0v) is 12.5. The number of aliphatic hydroxyl groups is 1. The summed E-state index contributed by atoms with van der Waals surface area (Å²) in [4.78, 5) is 12.6. The Morgan fingerprint density at radius 3 is 2.96 bits per heavy atom. The number of aliphatic hydroxyl groups excluding tert-OH is 1. The maximum Gasteiger partial charge on any atom is 0.244 e. The molecule has 0 unspecified atom stereocenters. The molecule has 0 aliphatic heterocycles. The van der Waals surface area contributed by atoms with Crippen LogP contribution in [-0.2, 0) is 6.42 Å². The lowest BCUT2D eigenvalue weighted by Gasteiger charge is -2.00. The Hall–Kier alpha value is -2.87. The number of halogens is 1. The molecule has 2 heterocycles. The number of hydrogen-bond donors (Lipinski definition) is 2. The summed E-state index contributed by atoms with van der Waals surface area (Å²) in [6.45, 7) is 0. The van der Waals surface area contributed by atoms with Crippen LogP contribution in [0.25, 0.3) is 5.76 Å². The molecular weight excluding hydrogens is 319 g/mol. The molecule has 23 heavy (non-hydrogen) atoms. The van der Waals surface area contributed by atoms with Gasteiger partial charge in [-0.15, -0.1) is 21.5 Å². The lowest BCUT2D eigenvalue weighted by molar-refractivity contribution is 0.103. The van der Waals surface area contributed by atoms with Crippen molar-refractivity contribution in [1.82, 2.24) is 20.6 Å². The minimum atomic E-state index is -0.557. The molecule has 0 spiro atoms. The van der Waals surface area contributed by atoms with Gasteiger partial charge in [0.1, 0.15) is 11.6 Å². The van der Waals surface area contributed by atoms with Crippen molar-refractivity contribution in [2.75, 3.05) is 0 Å². The Kier molecular flexibility index (Phi) is 4.24. The first-order valence-electron chi connectivity index (χ1n) is 6.63. The number of benzene rings is 1. The van der Waals surface area contributed by atoms with Crippen molar-refractivity contribution >= 4 is 22.9 Å². The van der Waals surface area contributed by atoms with Crippen LogP contribution in [-0.4, -0.2) is 31.5 Å². The molecule has 0 bridgehead atoms. The van der Waals surface area contributed by atoms with E-state index < -0.39 is 5.78 Å². The molecule has 1 aromatic carbocycles. The number of hydrogen-bond acceptors (Lipinski definition) is 6. The van der Waals surface area contributed by atoms with E-state index in [9.17, 15) is 14.3 Å². The number of thiophene rings is 1. The van der Waals surface area contributed by atoms with Crippen molar-refractivity contribution < 1.29 is 14.3 Å². The number of H-pyrrole nitrogens is 1. The summed E-state index contributed by atoms with van der Waals surface area (Å²) in [5, 5.41) is 24.2. The van der Waals surface area contributed by atoms with Crippen LogP contribution >= 0.6 is 11.3 Å². The smallest absolute Gasteiger partial charge is 0.244 e. The van der Waals surface area contributed by atoms with Gasteiger partial charge in [0, 0.05) is 28.3 Å². The summed E-state index contributed by atoms with van der Waals surface area (Å²) in [6, 6.07) is 8.24. The molecule has 2 aromatic heterocycles. The second kappa shape index (κ2) is 6.49. The standard InChI is InChI=1S/C15H11FN4O2S/c16-12-4-2-1-3-9(12)5-11-6-10(8-23-11)13(21)7-14(22)15-17-19-20-18-15/h1-4,6-8,21H,5H2,(H,17,18,19,20). The van der Waals surface area contributed by atoms with Crippen LogP contribution < -0.4 is 0 Å². The number of tetrazole rings is 1. The van der Waals surface area contributed by atoms with E-state index >= 15 is 0 Å². The summed E-state index contributed by atoms with van der Waals surface area (Å²) in [5.74, 6) is -1.15. The molecule has 0 atom stereocenters. The Labute approximate surface area is 134 Å². The number of allylic oxidation sites excluding steroid dienone is 1. The average Bonchev–Trinajstić information content (AvgIpc) is 3.21. The van der Waals surface area contributed by atoms with E-state index in [1.165, 1.54) is 17.4 Å². The molecule has 8 heteroatoms. The summed E-state index contributed by atoms with van der Waals surface area (Å²) in [5.41, 5.74) is 1.06. The molecule has 0 fully saturated rings. The van der Waals surface area contributed by atoms with Gasteiger partial charge in [-0.2, -0.15) is 5.21 Å². The van der Waals surface area contributed by atoms with Gasteiger partial charge >= 0.3 is 0 Å². The summed E-state index contributed by atoms with van der Waals surface area (Å²) >= 11 is 1.38. The highest BCUT2D eigenvalue weighted by Crippen LogP contribution is 2.24. The molecule has 6 nitrogen and oxygen atoms in total. The second-order valence-corrected chi connectivity index (χ2v) is 5.69. The van der Waals surface area contributed by atoms with Crippen molar-refractivity contribution in [1.29, 1.82) is 0 Å². The van der Waals surface area contributed by atoms with Gasteiger partial charge in [0.05, 0.1) is 0 Å². The lowest BCUT2D eigenvalue weighted by Crippen LogP contribution is -1.99. The van der Waals surface area contributed by atoms with Gasteiger partial charge < -0.3 is 5.11 Å². The van der Waals surface area contributed by atoms with E-state index in [2.05, 4.69) is 20.6 Å². The quantitative estimate of drug-likeness (QED) is 0.426. The summed E-state index contributed by atoms with van der Waals surface area (Å²) < 4.78 is 13.6. The van der Waals surface area contributed by atoms with E-state index in [0.717, 1.165) is 11.0 Å². The zero-order chi connectivity index (χ0) is 16.2. The number of rotatable bonds is 5. The first-order valence-corrected chi connectivity index (χ1v) is 7.51. The fourth-order valence-corrected chi connectivity index (χ4v) is 2.88. The van der Waals surface area contributed by atoms with Crippen LogP contribution in [0.2, 0.25) is 0 Å². The number of nitrogens with zero attached hydrogens (tertiary/aromatic N) is 3. The Bertz CT molecular complexity index is 858. The zero-order valence-electron chi connectivity index (χ0n) is 11.7. The number of carbonyl (C=O) groups excluding carboxylic acids is 1. The molecule has 3 aromatic rings. The van der Waals surface area contributed by atoms with Crippen LogP contribution in [0.1, 0.15) is 26.6 Å². The van der Waals surface area contributed by atoms with Gasteiger partial charge in [0.15, 0.2) is 0 Å². The molecular formula is C15H11FN4O2S. The highest BCUT2D eigenvalue weighted by molar-refractivity contribution is 7.10. The van der Waals surface area contributed by atoms with Crippen molar-refractivity contribution in [3.63, 3.8) is 0 Å². The number of aromatic nitrogens is 4. The summed E-state index contributed by atoms with van der Waals surface area (Å²) in [6.07, 6.45) is 1.45. The van der Waals surface area contributed by atoms with E-state index in [4.69, 9.17) is 0 Å². The maximum atomic E-state index is 13.6. The van der Waals surface area contributed by atoms with Crippen LogP contribution in [0.5, 0.6) is 0 Å². The second-order valence-electron chi connectivity index (χ2n) is 4.70. The van der Waals surface area contributed by atoms with Crippen molar-refractivity contribution in [2.24, 2.45) is 0 Å². The van der Waals surface area contributed by atoms with E-state index in [1.54, 1.807) is 29.6 Å². The van der Waals surface area contributed by atoms with E-state index in [-0.39, 0.29) is 17.4 Å². The Morgan fingerprint density at radius 1 is 1.39 bits per heavy atom. The predicted molar refractivity (Wildman–Crippen MR) is 82.6 cm³/mol. The van der Waals surface area contributed by atoms with Gasteiger partial charge in [-0.3, -0.25) is 4.79 Å². The minimum absolute atomic E-state index is 0.127. The van der Waals surface area contributed by atoms with Gasteiger partial charge in [-0.1, -0.05) is 18.2 Å².